The van der Waals surface area contributed by atoms with Crippen molar-refractivity contribution in [2.24, 2.45) is 0 Å². The normalized spacial score (nSPS) is 21.1. The van der Waals surface area contributed by atoms with Crippen LogP contribution in [0.15, 0.2) is 24.5 Å². The average Bonchev–Trinajstić information content (AvgIpc) is 2.38. The van der Waals surface area contributed by atoms with Crippen molar-refractivity contribution in [2.75, 3.05) is 13.6 Å². The second kappa shape index (κ2) is 5.77. The molecule has 1 saturated heterocycles. The fourth-order valence-electron chi connectivity index (χ4n) is 2.21. The van der Waals surface area contributed by atoms with Crippen molar-refractivity contribution in [3.63, 3.8) is 0 Å². The molecule has 1 unspecified atom stereocenters. The first kappa shape index (κ1) is 12.0. The first-order valence-corrected chi connectivity index (χ1v) is 6.14. The van der Waals surface area contributed by atoms with Crippen molar-refractivity contribution in [3.05, 3.63) is 30.1 Å². The van der Waals surface area contributed by atoms with E-state index in [9.17, 15) is 4.79 Å². The fourth-order valence-corrected chi connectivity index (χ4v) is 2.21. The zero-order chi connectivity index (χ0) is 12.1. The number of likely N-dealkylation sites (N-methyl/N-ethyl adjacent to an activating group) is 1. The highest BCUT2D eigenvalue weighted by Gasteiger charge is 2.25. The van der Waals surface area contributed by atoms with Gasteiger partial charge in [-0.15, -0.1) is 0 Å². The number of aromatic nitrogens is 1. The topological polar surface area (TPSA) is 45.2 Å². The minimum absolute atomic E-state index is 0.0468. The molecule has 4 heteroatoms. The number of nitrogens with zero attached hydrogens (tertiary/aromatic N) is 2. The number of hydrogen-bond acceptors (Lipinski definition) is 3. The van der Waals surface area contributed by atoms with Gasteiger partial charge in [0.1, 0.15) is 0 Å². The van der Waals surface area contributed by atoms with Crippen LogP contribution in [-0.2, 0) is 11.3 Å². The Kier molecular flexibility index (Phi) is 4.09. The van der Waals surface area contributed by atoms with E-state index >= 15 is 0 Å². The van der Waals surface area contributed by atoms with Gasteiger partial charge in [0, 0.05) is 18.9 Å². The van der Waals surface area contributed by atoms with Crippen molar-refractivity contribution < 1.29 is 4.79 Å². The van der Waals surface area contributed by atoms with Crippen LogP contribution in [0, 0.1) is 0 Å². The van der Waals surface area contributed by atoms with Gasteiger partial charge in [0.15, 0.2) is 0 Å². The van der Waals surface area contributed by atoms with Crippen molar-refractivity contribution >= 4 is 5.91 Å². The van der Waals surface area contributed by atoms with Crippen LogP contribution in [0.3, 0.4) is 0 Å². The summed E-state index contributed by atoms with van der Waals surface area (Å²) in [7, 11) is 2.02. The number of carbonyl (C=O) groups is 1. The maximum Gasteiger partial charge on any atom is 0.237 e. The van der Waals surface area contributed by atoms with Crippen molar-refractivity contribution in [1.82, 2.24) is 15.2 Å². The highest BCUT2D eigenvalue weighted by molar-refractivity contribution is 5.81. The smallest absolute Gasteiger partial charge is 0.237 e. The molecule has 0 saturated carbocycles. The summed E-state index contributed by atoms with van der Waals surface area (Å²) in [6.07, 6.45) is 6.81. The Morgan fingerprint density at radius 1 is 1.47 bits per heavy atom. The van der Waals surface area contributed by atoms with E-state index in [1.54, 1.807) is 12.4 Å². The molecule has 0 aromatic carbocycles. The number of pyridine rings is 1. The number of hydrogen-bond donors (Lipinski definition) is 1. The number of rotatable bonds is 3. The molecule has 0 spiro atoms. The third-order valence-corrected chi connectivity index (χ3v) is 3.29. The molecule has 1 fully saturated rings. The fraction of sp³-hybridized carbons (Fsp3) is 0.538. The van der Waals surface area contributed by atoms with Crippen LogP contribution in [0.1, 0.15) is 24.8 Å². The molecule has 0 bridgehead atoms. The van der Waals surface area contributed by atoms with Gasteiger partial charge in [-0.3, -0.25) is 14.7 Å². The molecule has 1 N–H and O–H groups in total. The first-order valence-electron chi connectivity index (χ1n) is 6.14. The van der Waals surface area contributed by atoms with E-state index in [1.807, 2.05) is 19.2 Å². The van der Waals surface area contributed by atoms with Crippen LogP contribution in [0.5, 0.6) is 0 Å². The van der Waals surface area contributed by atoms with E-state index < -0.39 is 0 Å². The number of nitrogens with one attached hydrogen (secondary N) is 1. The van der Waals surface area contributed by atoms with Gasteiger partial charge in [0.25, 0.3) is 0 Å². The number of amides is 1. The Bertz CT molecular complexity index is 366. The molecule has 1 aromatic heterocycles. The van der Waals surface area contributed by atoms with Gasteiger partial charge in [-0.05, 0) is 44.1 Å². The third-order valence-electron chi connectivity index (χ3n) is 3.29. The molecule has 92 valence electrons. The van der Waals surface area contributed by atoms with E-state index in [0.717, 1.165) is 24.9 Å². The van der Waals surface area contributed by atoms with E-state index in [0.29, 0.717) is 6.54 Å². The summed E-state index contributed by atoms with van der Waals surface area (Å²) >= 11 is 0. The van der Waals surface area contributed by atoms with Crippen molar-refractivity contribution in [1.29, 1.82) is 0 Å². The van der Waals surface area contributed by atoms with Gasteiger partial charge in [0.05, 0.1) is 6.04 Å². The van der Waals surface area contributed by atoms with Gasteiger partial charge in [-0.1, -0.05) is 6.42 Å². The monoisotopic (exact) mass is 233 g/mol. The second-order valence-electron chi connectivity index (χ2n) is 4.57. The molecule has 1 aromatic rings. The van der Waals surface area contributed by atoms with Gasteiger partial charge in [-0.2, -0.15) is 0 Å². The third kappa shape index (κ3) is 3.27. The largest absolute Gasteiger partial charge is 0.351 e. The molecule has 17 heavy (non-hydrogen) atoms. The van der Waals surface area contributed by atoms with Crippen molar-refractivity contribution in [3.8, 4) is 0 Å². The maximum atomic E-state index is 12.0. The van der Waals surface area contributed by atoms with E-state index in [4.69, 9.17) is 0 Å². The van der Waals surface area contributed by atoms with E-state index in [2.05, 4.69) is 15.2 Å². The average molecular weight is 233 g/mol. The predicted molar refractivity (Wildman–Crippen MR) is 66.4 cm³/mol. The number of likely N-dealkylation sites (tertiary alicyclic amines) is 1. The summed E-state index contributed by atoms with van der Waals surface area (Å²) in [5.41, 5.74) is 1.09. The Hall–Kier alpha value is -1.42. The van der Waals surface area contributed by atoms with Crippen LogP contribution in [-0.4, -0.2) is 35.4 Å². The molecule has 1 aliphatic rings. The molecular weight excluding hydrogens is 214 g/mol. The summed E-state index contributed by atoms with van der Waals surface area (Å²) in [6.45, 7) is 1.61. The van der Waals surface area contributed by atoms with Gasteiger partial charge in [0.2, 0.25) is 5.91 Å². The Morgan fingerprint density at radius 3 is 2.94 bits per heavy atom. The minimum Gasteiger partial charge on any atom is -0.351 e. The Balaban J connectivity index is 1.84. The molecular formula is C13H19N3O. The molecule has 1 atom stereocenters. The summed E-state index contributed by atoms with van der Waals surface area (Å²) in [5, 5.41) is 2.99. The molecule has 4 nitrogen and oxygen atoms in total. The van der Waals surface area contributed by atoms with Gasteiger partial charge in [-0.25, -0.2) is 0 Å². The lowest BCUT2D eigenvalue weighted by Gasteiger charge is -2.31. The summed E-state index contributed by atoms with van der Waals surface area (Å²) in [5.74, 6) is 0.143. The van der Waals surface area contributed by atoms with Gasteiger partial charge < -0.3 is 5.32 Å². The zero-order valence-electron chi connectivity index (χ0n) is 10.2. The van der Waals surface area contributed by atoms with Crippen LogP contribution < -0.4 is 5.32 Å². The molecule has 1 aliphatic heterocycles. The van der Waals surface area contributed by atoms with Crippen LogP contribution >= 0.6 is 0 Å². The summed E-state index contributed by atoms with van der Waals surface area (Å²) in [4.78, 5) is 18.1. The summed E-state index contributed by atoms with van der Waals surface area (Å²) in [6, 6.07) is 3.89. The minimum atomic E-state index is 0.0468. The van der Waals surface area contributed by atoms with Crippen LogP contribution in [0.2, 0.25) is 0 Å². The maximum absolute atomic E-state index is 12.0. The van der Waals surface area contributed by atoms with Gasteiger partial charge >= 0.3 is 0 Å². The molecule has 2 heterocycles. The SMILES string of the molecule is CN1CCCCC1C(=O)NCc1ccncc1. The number of carbonyl (C=O) groups excluding carboxylic acids is 1. The summed E-state index contributed by atoms with van der Waals surface area (Å²) < 4.78 is 0. The highest BCUT2D eigenvalue weighted by atomic mass is 16.2. The number of piperidine rings is 1. The lowest BCUT2D eigenvalue weighted by Crippen LogP contribution is -2.47. The van der Waals surface area contributed by atoms with Crippen LogP contribution in [0.25, 0.3) is 0 Å². The Labute approximate surface area is 102 Å². The predicted octanol–water partition coefficient (Wildman–Crippen LogP) is 1.18. The van der Waals surface area contributed by atoms with Crippen molar-refractivity contribution in [2.45, 2.75) is 31.8 Å². The molecule has 0 aliphatic carbocycles. The molecule has 1 amide bonds. The Morgan fingerprint density at radius 2 is 2.24 bits per heavy atom. The first-order chi connectivity index (χ1) is 8.27. The quantitative estimate of drug-likeness (QED) is 0.852. The van der Waals surface area contributed by atoms with E-state index in [1.165, 1.54) is 6.42 Å². The van der Waals surface area contributed by atoms with Crippen LogP contribution in [0.4, 0.5) is 0 Å². The molecule has 0 radical (unpaired) electrons. The lowest BCUT2D eigenvalue weighted by atomic mass is 10.0. The van der Waals surface area contributed by atoms with E-state index in [-0.39, 0.29) is 11.9 Å². The standard InChI is InChI=1S/C13H19N3O/c1-16-9-3-2-4-12(16)13(17)15-10-11-5-7-14-8-6-11/h5-8,12H,2-4,9-10H2,1H3,(H,15,17). The molecule has 2 rings (SSSR count). The lowest BCUT2D eigenvalue weighted by molar-refractivity contribution is -0.127. The zero-order valence-corrected chi connectivity index (χ0v) is 10.2. The highest BCUT2D eigenvalue weighted by Crippen LogP contribution is 2.14. The second-order valence-corrected chi connectivity index (χ2v) is 4.57.